The fourth-order valence-corrected chi connectivity index (χ4v) is 3.82. The number of benzene rings is 1. The normalized spacial score (nSPS) is 23.8. The fraction of sp³-hybridized carbons (Fsp3) is 0.538. The lowest BCUT2D eigenvalue weighted by Gasteiger charge is -2.23. The summed E-state index contributed by atoms with van der Waals surface area (Å²) in [7, 11) is 0. The third kappa shape index (κ3) is 2.72. The second-order valence-corrected chi connectivity index (χ2v) is 6.48. The molecule has 4 nitrogen and oxygen atoms in total. The monoisotopic (exact) mass is 331 g/mol. The van der Waals surface area contributed by atoms with E-state index in [9.17, 15) is 5.11 Å². The number of anilines is 1. The number of halogens is 2. The highest BCUT2D eigenvalue weighted by Crippen LogP contribution is 2.36. The predicted octanol–water partition coefficient (Wildman–Crippen LogP) is 4.10. The Labute approximate surface area is 131 Å². The largest absolute Gasteiger partial charge is 0.391 e. The number of nitrogens with one attached hydrogen (secondary N) is 1. The van der Waals surface area contributed by atoms with Crippen LogP contribution >= 0.6 is 34.9 Å². The molecule has 0 spiro atoms. The van der Waals surface area contributed by atoms with E-state index in [0.717, 1.165) is 49.5 Å². The van der Waals surface area contributed by atoms with Crippen LogP contribution in [0.1, 0.15) is 32.1 Å². The number of fused-ring (bicyclic) bond motifs is 1. The average molecular weight is 332 g/mol. The Kier molecular flexibility index (Phi) is 4.31. The summed E-state index contributed by atoms with van der Waals surface area (Å²) in [6.07, 6.45) is 4.74. The van der Waals surface area contributed by atoms with Gasteiger partial charge in [-0.1, -0.05) is 42.5 Å². The first-order valence-corrected chi connectivity index (χ1v) is 8.20. The minimum atomic E-state index is -0.356. The van der Waals surface area contributed by atoms with Gasteiger partial charge in [0.1, 0.15) is 11.0 Å². The zero-order valence-corrected chi connectivity index (χ0v) is 13.1. The van der Waals surface area contributed by atoms with E-state index in [4.69, 9.17) is 23.2 Å². The number of aromatic nitrogens is 2. The van der Waals surface area contributed by atoms with E-state index in [1.165, 1.54) is 0 Å². The van der Waals surface area contributed by atoms with E-state index in [2.05, 4.69) is 14.1 Å². The van der Waals surface area contributed by atoms with Crippen molar-refractivity contribution in [1.82, 2.24) is 8.75 Å². The van der Waals surface area contributed by atoms with Crippen molar-refractivity contribution in [3.05, 3.63) is 16.1 Å². The van der Waals surface area contributed by atoms with Crippen LogP contribution in [0, 0.1) is 0 Å². The Hall–Kier alpha value is -0.620. The highest BCUT2D eigenvalue weighted by atomic mass is 35.5. The van der Waals surface area contributed by atoms with Crippen LogP contribution in [-0.2, 0) is 0 Å². The molecule has 1 heterocycles. The van der Waals surface area contributed by atoms with E-state index in [1.54, 1.807) is 6.07 Å². The molecule has 2 atom stereocenters. The second-order valence-electron chi connectivity index (χ2n) is 5.13. The van der Waals surface area contributed by atoms with Crippen LogP contribution in [0.15, 0.2) is 6.07 Å². The van der Waals surface area contributed by atoms with Gasteiger partial charge in [0.05, 0.1) is 39.6 Å². The molecule has 0 radical (unpaired) electrons. The van der Waals surface area contributed by atoms with Gasteiger partial charge < -0.3 is 10.4 Å². The Bertz CT molecular complexity index is 619. The predicted molar refractivity (Wildman–Crippen MR) is 83.9 cm³/mol. The van der Waals surface area contributed by atoms with Gasteiger partial charge in [-0.3, -0.25) is 0 Å². The molecule has 1 fully saturated rings. The van der Waals surface area contributed by atoms with Gasteiger partial charge in [-0.2, -0.15) is 8.75 Å². The number of hydrogen-bond acceptors (Lipinski definition) is 5. The molecule has 0 aliphatic heterocycles. The second kappa shape index (κ2) is 6.02. The molecule has 7 heteroatoms. The van der Waals surface area contributed by atoms with Crippen molar-refractivity contribution < 1.29 is 5.11 Å². The molecule has 2 N–H and O–H groups in total. The Morgan fingerprint density at radius 1 is 1.10 bits per heavy atom. The molecule has 1 aromatic carbocycles. The van der Waals surface area contributed by atoms with Gasteiger partial charge >= 0.3 is 0 Å². The molecule has 2 unspecified atom stereocenters. The summed E-state index contributed by atoms with van der Waals surface area (Å²) in [6.45, 7) is 0. The van der Waals surface area contributed by atoms with Crippen LogP contribution in [-0.4, -0.2) is 26.0 Å². The molecule has 0 bridgehead atoms. The van der Waals surface area contributed by atoms with Gasteiger partial charge in [-0.05, 0) is 18.9 Å². The first-order chi connectivity index (χ1) is 9.66. The Balaban J connectivity index is 1.95. The molecular weight excluding hydrogens is 317 g/mol. The summed E-state index contributed by atoms with van der Waals surface area (Å²) in [6, 6.07) is 1.68. The Morgan fingerprint density at radius 2 is 1.85 bits per heavy atom. The van der Waals surface area contributed by atoms with Crippen molar-refractivity contribution in [3.8, 4) is 0 Å². The van der Waals surface area contributed by atoms with Crippen molar-refractivity contribution in [2.45, 2.75) is 44.2 Å². The summed E-state index contributed by atoms with van der Waals surface area (Å²) < 4.78 is 8.46. The number of rotatable bonds is 2. The van der Waals surface area contributed by atoms with Gasteiger partial charge in [0.25, 0.3) is 0 Å². The first-order valence-electron chi connectivity index (χ1n) is 6.71. The quantitative estimate of drug-likeness (QED) is 0.813. The van der Waals surface area contributed by atoms with Crippen molar-refractivity contribution in [2.75, 3.05) is 5.32 Å². The number of aliphatic hydroxyl groups is 1. The molecule has 3 rings (SSSR count). The van der Waals surface area contributed by atoms with Gasteiger partial charge in [-0.15, -0.1) is 0 Å². The van der Waals surface area contributed by atoms with E-state index in [-0.39, 0.29) is 12.1 Å². The van der Waals surface area contributed by atoms with Crippen LogP contribution < -0.4 is 5.32 Å². The lowest BCUT2D eigenvalue weighted by molar-refractivity contribution is 0.144. The highest BCUT2D eigenvalue weighted by Gasteiger charge is 2.24. The molecule has 1 aliphatic rings. The third-order valence-electron chi connectivity index (χ3n) is 3.75. The van der Waals surface area contributed by atoms with Crippen molar-refractivity contribution in [3.63, 3.8) is 0 Å². The molecule has 20 heavy (non-hydrogen) atoms. The average Bonchev–Trinajstić information content (AvgIpc) is 2.81. The zero-order valence-electron chi connectivity index (χ0n) is 10.8. The van der Waals surface area contributed by atoms with E-state index < -0.39 is 0 Å². The summed E-state index contributed by atoms with van der Waals surface area (Å²) >= 11 is 13.5. The van der Waals surface area contributed by atoms with E-state index in [1.807, 2.05) is 0 Å². The Morgan fingerprint density at radius 3 is 2.70 bits per heavy atom. The molecule has 2 aromatic rings. The van der Waals surface area contributed by atoms with Gasteiger partial charge in [0.2, 0.25) is 0 Å². The lowest BCUT2D eigenvalue weighted by Crippen LogP contribution is -2.32. The summed E-state index contributed by atoms with van der Waals surface area (Å²) in [5.74, 6) is 0. The molecule has 1 aliphatic carbocycles. The van der Waals surface area contributed by atoms with Gasteiger partial charge in [0.15, 0.2) is 0 Å². The number of aliphatic hydroxyl groups excluding tert-OH is 1. The molecule has 0 amide bonds. The van der Waals surface area contributed by atoms with E-state index >= 15 is 0 Å². The van der Waals surface area contributed by atoms with Crippen molar-refractivity contribution in [2.24, 2.45) is 0 Å². The number of hydrogen-bond donors (Lipinski definition) is 2. The first kappa shape index (κ1) is 14.3. The molecule has 0 saturated heterocycles. The zero-order chi connectivity index (χ0) is 14.1. The third-order valence-corrected chi connectivity index (χ3v) is 4.87. The van der Waals surface area contributed by atoms with Crippen LogP contribution in [0.25, 0.3) is 11.0 Å². The SMILES string of the molecule is OC1CCCCCC1Nc1c(Cl)cc(Cl)c2nsnc12. The lowest BCUT2D eigenvalue weighted by atomic mass is 10.1. The van der Waals surface area contributed by atoms with Gasteiger partial charge in [-0.25, -0.2) is 0 Å². The minimum absolute atomic E-state index is 0.000996. The number of nitrogens with zero attached hydrogens (tertiary/aromatic N) is 2. The topological polar surface area (TPSA) is 58.0 Å². The fourth-order valence-electron chi connectivity index (χ4n) is 2.65. The highest BCUT2D eigenvalue weighted by molar-refractivity contribution is 7.00. The smallest absolute Gasteiger partial charge is 0.130 e. The van der Waals surface area contributed by atoms with Gasteiger partial charge in [0, 0.05) is 0 Å². The van der Waals surface area contributed by atoms with Crippen LogP contribution in [0.4, 0.5) is 5.69 Å². The van der Waals surface area contributed by atoms with Crippen LogP contribution in [0.2, 0.25) is 10.0 Å². The summed E-state index contributed by atoms with van der Waals surface area (Å²) in [4.78, 5) is 0. The molecule has 1 saturated carbocycles. The molecule has 1 aromatic heterocycles. The molecular formula is C13H15Cl2N3OS. The minimum Gasteiger partial charge on any atom is -0.391 e. The van der Waals surface area contributed by atoms with Crippen molar-refractivity contribution >= 4 is 51.7 Å². The van der Waals surface area contributed by atoms with Crippen LogP contribution in [0.3, 0.4) is 0 Å². The van der Waals surface area contributed by atoms with E-state index in [0.29, 0.717) is 21.1 Å². The van der Waals surface area contributed by atoms with Crippen LogP contribution in [0.5, 0.6) is 0 Å². The standard InChI is InChI=1S/C13H15Cl2N3OS/c14-7-6-8(15)12-13(18-20-17-12)11(7)16-9-4-2-1-3-5-10(9)19/h6,9-10,16,19H,1-5H2. The summed E-state index contributed by atoms with van der Waals surface area (Å²) in [5.41, 5.74) is 2.07. The molecule has 108 valence electrons. The maximum absolute atomic E-state index is 10.2. The maximum atomic E-state index is 10.2. The van der Waals surface area contributed by atoms with Crippen molar-refractivity contribution in [1.29, 1.82) is 0 Å². The maximum Gasteiger partial charge on any atom is 0.130 e. The summed E-state index contributed by atoms with van der Waals surface area (Å²) in [5, 5.41) is 14.6.